The number of nitrogens with zero attached hydrogens (tertiary/aromatic N) is 3. The molecular formula is C21H25N5O3. The van der Waals surface area contributed by atoms with Gasteiger partial charge in [-0.3, -0.25) is 24.6 Å². The maximum atomic E-state index is 13.0. The highest BCUT2D eigenvalue weighted by Crippen LogP contribution is 2.29. The van der Waals surface area contributed by atoms with Crippen LogP contribution in [0, 0.1) is 11.3 Å². The third-order valence-electron chi connectivity index (χ3n) is 6.04. The Morgan fingerprint density at radius 1 is 1.24 bits per heavy atom. The van der Waals surface area contributed by atoms with Crippen molar-refractivity contribution in [1.29, 1.82) is 5.26 Å². The average molecular weight is 395 g/mol. The molecule has 3 aliphatic rings. The molecule has 0 spiro atoms. The van der Waals surface area contributed by atoms with Crippen molar-refractivity contribution in [3.8, 4) is 6.07 Å². The van der Waals surface area contributed by atoms with E-state index < -0.39 is 6.04 Å². The van der Waals surface area contributed by atoms with Crippen LogP contribution in [-0.4, -0.2) is 59.2 Å². The highest BCUT2D eigenvalue weighted by molar-refractivity contribution is 6.05. The van der Waals surface area contributed by atoms with Crippen LogP contribution in [0.5, 0.6) is 0 Å². The average Bonchev–Trinajstić information content (AvgIpc) is 3.34. The Labute approximate surface area is 169 Å². The van der Waals surface area contributed by atoms with Gasteiger partial charge < -0.3 is 10.2 Å². The van der Waals surface area contributed by atoms with Gasteiger partial charge in [-0.25, -0.2) is 0 Å². The fraction of sp³-hybridized carbons (Fsp3) is 0.524. The van der Waals surface area contributed by atoms with Crippen molar-refractivity contribution in [2.24, 2.45) is 0 Å². The number of hydrogen-bond acceptors (Lipinski definition) is 6. The summed E-state index contributed by atoms with van der Waals surface area (Å²) in [4.78, 5) is 40.4. The van der Waals surface area contributed by atoms with Gasteiger partial charge in [0.2, 0.25) is 11.8 Å². The van der Waals surface area contributed by atoms with Gasteiger partial charge in [-0.15, -0.1) is 0 Å². The molecule has 1 aromatic rings. The first kappa shape index (κ1) is 19.6. The topological polar surface area (TPSA) is 106 Å². The number of nitrogens with one attached hydrogen (secondary N) is 2. The fourth-order valence-electron chi connectivity index (χ4n) is 4.47. The van der Waals surface area contributed by atoms with Crippen LogP contribution in [0.1, 0.15) is 47.2 Å². The monoisotopic (exact) mass is 395 g/mol. The molecule has 2 unspecified atom stereocenters. The SMILES string of the molecule is N#CCCN(Cc1ccc2c(c1)C(=O)N(C1CCC(=O)NC1=O)C2)C1CCNC1. The Bertz CT molecular complexity index is 872. The molecule has 29 heavy (non-hydrogen) atoms. The molecule has 3 amide bonds. The predicted molar refractivity (Wildman–Crippen MR) is 104 cm³/mol. The minimum atomic E-state index is -0.590. The molecule has 3 aliphatic heterocycles. The summed E-state index contributed by atoms with van der Waals surface area (Å²) >= 11 is 0. The lowest BCUT2D eigenvalue weighted by molar-refractivity contribution is -0.136. The van der Waals surface area contributed by atoms with Crippen LogP contribution < -0.4 is 10.6 Å². The largest absolute Gasteiger partial charge is 0.322 e. The van der Waals surface area contributed by atoms with Gasteiger partial charge in [0.15, 0.2) is 0 Å². The normalized spacial score (nSPS) is 24.0. The van der Waals surface area contributed by atoms with Gasteiger partial charge in [-0.05, 0) is 36.6 Å². The Morgan fingerprint density at radius 2 is 2.10 bits per heavy atom. The Morgan fingerprint density at radius 3 is 2.83 bits per heavy atom. The zero-order valence-electron chi connectivity index (χ0n) is 16.3. The van der Waals surface area contributed by atoms with Crippen molar-refractivity contribution in [2.75, 3.05) is 19.6 Å². The van der Waals surface area contributed by atoms with Gasteiger partial charge in [0.05, 0.1) is 6.07 Å². The molecule has 8 heteroatoms. The number of hydrogen-bond donors (Lipinski definition) is 2. The van der Waals surface area contributed by atoms with Crippen LogP contribution in [-0.2, 0) is 22.7 Å². The molecule has 152 valence electrons. The van der Waals surface area contributed by atoms with Crippen LogP contribution in [0.25, 0.3) is 0 Å². The number of piperidine rings is 1. The van der Waals surface area contributed by atoms with Crippen LogP contribution in [0.4, 0.5) is 0 Å². The quantitative estimate of drug-likeness (QED) is 0.681. The summed E-state index contributed by atoms with van der Waals surface area (Å²) in [5, 5.41) is 14.7. The lowest BCUT2D eigenvalue weighted by atomic mass is 10.0. The Kier molecular flexibility index (Phi) is 5.60. The second-order valence-corrected chi connectivity index (χ2v) is 7.92. The molecule has 1 aromatic carbocycles. The van der Waals surface area contributed by atoms with Crippen molar-refractivity contribution >= 4 is 17.7 Å². The highest BCUT2D eigenvalue weighted by Gasteiger charge is 2.39. The van der Waals surface area contributed by atoms with Gasteiger partial charge in [-0.1, -0.05) is 12.1 Å². The van der Waals surface area contributed by atoms with E-state index in [0.29, 0.717) is 44.1 Å². The molecule has 4 rings (SSSR count). The summed E-state index contributed by atoms with van der Waals surface area (Å²) in [6, 6.07) is 7.94. The number of rotatable bonds is 6. The lowest BCUT2D eigenvalue weighted by Gasteiger charge is -2.29. The number of benzene rings is 1. The highest BCUT2D eigenvalue weighted by atomic mass is 16.2. The van der Waals surface area contributed by atoms with Gasteiger partial charge in [-0.2, -0.15) is 5.26 Å². The molecular weight excluding hydrogens is 370 g/mol. The van der Waals surface area contributed by atoms with E-state index in [1.807, 2.05) is 18.2 Å². The molecule has 0 saturated carbocycles. The van der Waals surface area contributed by atoms with Crippen LogP contribution >= 0.6 is 0 Å². The van der Waals surface area contributed by atoms with Crippen LogP contribution in [0.15, 0.2) is 18.2 Å². The molecule has 2 N–H and O–H groups in total. The van der Waals surface area contributed by atoms with E-state index >= 15 is 0 Å². The summed E-state index contributed by atoms with van der Waals surface area (Å²) in [6.45, 7) is 3.69. The summed E-state index contributed by atoms with van der Waals surface area (Å²) < 4.78 is 0. The third-order valence-corrected chi connectivity index (χ3v) is 6.04. The standard InChI is InChI=1S/C21H25N5O3/c22-7-1-9-25(16-6-8-23-11-16)12-14-2-3-15-13-26(21(29)17(15)10-14)18-4-5-19(27)24-20(18)28/h2-3,10,16,18,23H,1,4-6,8-9,11-13H2,(H,24,27,28). The van der Waals surface area contributed by atoms with Crippen molar-refractivity contribution in [3.63, 3.8) is 0 Å². The zero-order valence-corrected chi connectivity index (χ0v) is 16.3. The van der Waals surface area contributed by atoms with E-state index in [-0.39, 0.29) is 24.1 Å². The maximum absolute atomic E-state index is 13.0. The van der Waals surface area contributed by atoms with E-state index in [1.165, 1.54) is 0 Å². The Hall–Kier alpha value is -2.76. The molecule has 8 nitrogen and oxygen atoms in total. The van der Waals surface area contributed by atoms with Crippen molar-refractivity contribution < 1.29 is 14.4 Å². The molecule has 2 saturated heterocycles. The van der Waals surface area contributed by atoms with Crippen molar-refractivity contribution in [2.45, 2.75) is 50.9 Å². The van der Waals surface area contributed by atoms with E-state index in [4.69, 9.17) is 5.26 Å². The van der Waals surface area contributed by atoms with Crippen LogP contribution in [0.2, 0.25) is 0 Å². The number of imide groups is 1. The van der Waals surface area contributed by atoms with Gasteiger partial charge >= 0.3 is 0 Å². The van der Waals surface area contributed by atoms with Crippen molar-refractivity contribution in [3.05, 3.63) is 34.9 Å². The number of amides is 3. The predicted octanol–water partition coefficient (Wildman–Crippen LogP) is 0.525. The number of carbonyl (C=O) groups is 3. The molecule has 0 bridgehead atoms. The minimum absolute atomic E-state index is 0.151. The summed E-state index contributed by atoms with van der Waals surface area (Å²) in [5.41, 5.74) is 2.58. The first-order valence-corrected chi connectivity index (χ1v) is 10.1. The minimum Gasteiger partial charge on any atom is -0.322 e. The molecule has 3 heterocycles. The summed E-state index contributed by atoms with van der Waals surface area (Å²) in [6.07, 6.45) is 2.15. The fourth-order valence-corrected chi connectivity index (χ4v) is 4.47. The van der Waals surface area contributed by atoms with Gasteiger partial charge in [0.1, 0.15) is 6.04 Å². The van der Waals surface area contributed by atoms with E-state index in [1.54, 1.807) is 4.90 Å². The number of nitriles is 1. The summed E-state index contributed by atoms with van der Waals surface area (Å²) in [7, 11) is 0. The van der Waals surface area contributed by atoms with E-state index in [2.05, 4.69) is 21.6 Å². The molecule has 2 atom stereocenters. The number of fused-ring (bicyclic) bond motifs is 1. The van der Waals surface area contributed by atoms with Crippen molar-refractivity contribution in [1.82, 2.24) is 20.4 Å². The molecule has 2 fully saturated rings. The second kappa shape index (κ2) is 8.31. The second-order valence-electron chi connectivity index (χ2n) is 7.92. The third kappa shape index (κ3) is 4.02. The molecule has 0 aromatic heterocycles. The van der Waals surface area contributed by atoms with E-state index in [9.17, 15) is 14.4 Å². The first-order chi connectivity index (χ1) is 14.1. The molecule has 0 radical (unpaired) electrons. The Balaban J connectivity index is 1.49. The summed E-state index contributed by atoms with van der Waals surface area (Å²) in [5.74, 6) is -0.821. The lowest BCUT2D eigenvalue weighted by Crippen LogP contribution is -2.52. The number of carbonyl (C=O) groups excluding carboxylic acids is 3. The van der Waals surface area contributed by atoms with Gasteiger partial charge in [0.25, 0.3) is 5.91 Å². The smallest absolute Gasteiger partial charge is 0.255 e. The maximum Gasteiger partial charge on any atom is 0.255 e. The molecule has 0 aliphatic carbocycles. The first-order valence-electron chi connectivity index (χ1n) is 10.1. The van der Waals surface area contributed by atoms with E-state index in [0.717, 1.165) is 30.6 Å². The van der Waals surface area contributed by atoms with Crippen LogP contribution in [0.3, 0.4) is 0 Å². The van der Waals surface area contributed by atoms with Gasteiger partial charge in [0, 0.05) is 50.6 Å². The zero-order chi connectivity index (χ0) is 20.4.